The molecule has 0 aromatic heterocycles. The van der Waals surface area contributed by atoms with Gasteiger partial charge in [0.1, 0.15) is 5.82 Å². The standard InChI is InChI=1S/C11H13BrFN/c12-7-4-5-8(10(13)6-7)9-2-1-3-11(9)14/h4-6,9,11H,1-3,14H2. The average molecular weight is 258 g/mol. The Bertz CT molecular complexity index is 340. The number of benzene rings is 1. The van der Waals surface area contributed by atoms with Crippen molar-refractivity contribution in [2.75, 3.05) is 0 Å². The van der Waals surface area contributed by atoms with Crippen molar-refractivity contribution in [2.24, 2.45) is 5.73 Å². The Morgan fingerprint density at radius 3 is 2.71 bits per heavy atom. The topological polar surface area (TPSA) is 26.0 Å². The van der Waals surface area contributed by atoms with E-state index in [4.69, 9.17) is 5.73 Å². The van der Waals surface area contributed by atoms with Crippen molar-refractivity contribution in [1.82, 2.24) is 0 Å². The van der Waals surface area contributed by atoms with E-state index in [0.29, 0.717) is 0 Å². The lowest BCUT2D eigenvalue weighted by Crippen LogP contribution is -2.23. The molecule has 76 valence electrons. The summed E-state index contributed by atoms with van der Waals surface area (Å²) in [4.78, 5) is 0. The van der Waals surface area contributed by atoms with Crippen LogP contribution in [0.25, 0.3) is 0 Å². The zero-order valence-electron chi connectivity index (χ0n) is 7.84. The maximum atomic E-state index is 13.6. The van der Waals surface area contributed by atoms with Crippen LogP contribution in [-0.2, 0) is 0 Å². The second-order valence-corrected chi connectivity index (χ2v) is 4.78. The molecular weight excluding hydrogens is 245 g/mol. The summed E-state index contributed by atoms with van der Waals surface area (Å²) in [5.41, 5.74) is 6.72. The van der Waals surface area contributed by atoms with E-state index >= 15 is 0 Å². The molecule has 0 radical (unpaired) electrons. The van der Waals surface area contributed by atoms with Crippen LogP contribution in [0.2, 0.25) is 0 Å². The molecule has 0 aliphatic heterocycles. The fourth-order valence-corrected chi connectivity index (χ4v) is 2.51. The van der Waals surface area contributed by atoms with E-state index < -0.39 is 0 Å². The predicted molar refractivity (Wildman–Crippen MR) is 58.7 cm³/mol. The van der Waals surface area contributed by atoms with Crippen molar-refractivity contribution >= 4 is 15.9 Å². The van der Waals surface area contributed by atoms with Crippen LogP contribution in [0.3, 0.4) is 0 Å². The Morgan fingerprint density at radius 2 is 2.14 bits per heavy atom. The molecule has 2 atom stereocenters. The first-order chi connectivity index (χ1) is 6.68. The minimum Gasteiger partial charge on any atom is -0.327 e. The second-order valence-electron chi connectivity index (χ2n) is 3.87. The van der Waals surface area contributed by atoms with Crippen molar-refractivity contribution < 1.29 is 4.39 Å². The fourth-order valence-electron chi connectivity index (χ4n) is 2.18. The van der Waals surface area contributed by atoms with E-state index in [1.165, 1.54) is 6.07 Å². The van der Waals surface area contributed by atoms with E-state index in [-0.39, 0.29) is 17.8 Å². The molecule has 1 aliphatic rings. The molecule has 0 heterocycles. The molecule has 1 aromatic rings. The second kappa shape index (κ2) is 3.99. The van der Waals surface area contributed by atoms with Crippen molar-refractivity contribution in [3.63, 3.8) is 0 Å². The van der Waals surface area contributed by atoms with E-state index in [0.717, 1.165) is 29.3 Å². The smallest absolute Gasteiger partial charge is 0.127 e. The number of rotatable bonds is 1. The Labute approximate surface area is 91.6 Å². The molecule has 1 saturated carbocycles. The maximum absolute atomic E-state index is 13.6. The highest BCUT2D eigenvalue weighted by molar-refractivity contribution is 9.10. The lowest BCUT2D eigenvalue weighted by atomic mass is 9.94. The van der Waals surface area contributed by atoms with Crippen molar-refractivity contribution in [2.45, 2.75) is 31.2 Å². The van der Waals surface area contributed by atoms with Gasteiger partial charge in [0.25, 0.3) is 0 Å². The van der Waals surface area contributed by atoms with Crippen LogP contribution in [0.5, 0.6) is 0 Å². The van der Waals surface area contributed by atoms with Gasteiger partial charge in [-0.2, -0.15) is 0 Å². The van der Waals surface area contributed by atoms with Gasteiger partial charge in [-0.25, -0.2) is 4.39 Å². The Hall–Kier alpha value is -0.410. The highest BCUT2D eigenvalue weighted by Gasteiger charge is 2.27. The Morgan fingerprint density at radius 1 is 1.36 bits per heavy atom. The van der Waals surface area contributed by atoms with Crippen LogP contribution in [-0.4, -0.2) is 6.04 Å². The zero-order chi connectivity index (χ0) is 10.1. The summed E-state index contributed by atoms with van der Waals surface area (Å²) in [5, 5.41) is 0. The minimum absolute atomic E-state index is 0.130. The molecule has 1 fully saturated rings. The molecule has 0 amide bonds. The highest BCUT2D eigenvalue weighted by Crippen LogP contribution is 2.35. The molecule has 1 aromatic carbocycles. The Balaban J connectivity index is 2.31. The number of hydrogen-bond donors (Lipinski definition) is 1. The molecule has 1 aliphatic carbocycles. The molecule has 0 spiro atoms. The summed E-state index contributed by atoms with van der Waals surface area (Å²) < 4.78 is 14.4. The summed E-state index contributed by atoms with van der Waals surface area (Å²) >= 11 is 3.25. The fraction of sp³-hybridized carbons (Fsp3) is 0.455. The normalized spacial score (nSPS) is 26.8. The number of halogens is 2. The van der Waals surface area contributed by atoms with Gasteiger partial charge in [0.2, 0.25) is 0 Å². The van der Waals surface area contributed by atoms with Gasteiger partial charge in [0.15, 0.2) is 0 Å². The molecule has 2 N–H and O–H groups in total. The van der Waals surface area contributed by atoms with Gasteiger partial charge in [-0.05, 0) is 30.5 Å². The monoisotopic (exact) mass is 257 g/mol. The predicted octanol–water partition coefficient (Wildman–Crippen LogP) is 3.18. The molecule has 2 unspecified atom stereocenters. The van der Waals surface area contributed by atoms with Gasteiger partial charge < -0.3 is 5.73 Å². The zero-order valence-corrected chi connectivity index (χ0v) is 9.43. The molecule has 0 bridgehead atoms. The van der Waals surface area contributed by atoms with Crippen LogP contribution < -0.4 is 5.73 Å². The molecule has 3 heteroatoms. The molecule has 1 nitrogen and oxygen atoms in total. The minimum atomic E-state index is -0.137. The first-order valence-corrected chi connectivity index (χ1v) is 5.68. The lowest BCUT2D eigenvalue weighted by Gasteiger charge is -2.16. The van der Waals surface area contributed by atoms with Gasteiger partial charge in [0.05, 0.1) is 0 Å². The van der Waals surface area contributed by atoms with Gasteiger partial charge in [0, 0.05) is 16.4 Å². The van der Waals surface area contributed by atoms with Gasteiger partial charge in [-0.3, -0.25) is 0 Å². The van der Waals surface area contributed by atoms with Gasteiger partial charge >= 0.3 is 0 Å². The van der Waals surface area contributed by atoms with E-state index in [9.17, 15) is 4.39 Å². The van der Waals surface area contributed by atoms with E-state index in [1.807, 2.05) is 12.1 Å². The van der Waals surface area contributed by atoms with Gasteiger partial charge in [-0.1, -0.05) is 28.4 Å². The molecule has 14 heavy (non-hydrogen) atoms. The highest BCUT2D eigenvalue weighted by atomic mass is 79.9. The summed E-state index contributed by atoms with van der Waals surface area (Å²) in [7, 11) is 0. The van der Waals surface area contributed by atoms with Crippen molar-refractivity contribution in [3.05, 3.63) is 34.1 Å². The van der Waals surface area contributed by atoms with Gasteiger partial charge in [-0.15, -0.1) is 0 Å². The van der Waals surface area contributed by atoms with Crippen LogP contribution in [0.4, 0.5) is 4.39 Å². The van der Waals surface area contributed by atoms with Crippen LogP contribution in [0.1, 0.15) is 30.7 Å². The summed E-state index contributed by atoms with van der Waals surface area (Å²) in [6, 6.07) is 5.37. The Kier molecular flexibility index (Phi) is 2.88. The third-order valence-electron chi connectivity index (χ3n) is 2.93. The maximum Gasteiger partial charge on any atom is 0.127 e. The quantitative estimate of drug-likeness (QED) is 0.822. The summed E-state index contributed by atoms with van der Waals surface area (Å²) in [6.07, 6.45) is 3.14. The first-order valence-electron chi connectivity index (χ1n) is 4.89. The van der Waals surface area contributed by atoms with Crippen LogP contribution in [0.15, 0.2) is 22.7 Å². The number of nitrogens with two attached hydrogens (primary N) is 1. The molecular formula is C11H13BrFN. The number of hydrogen-bond acceptors (Lipinski definition) is 1. The van der Waals surface area contributed by atoms with E-state index in [1.54, 1.807) is 0 Å². The SMILES string of the molecule is NC1CCCC1c1ccc(Br)cc1F. The third-order valence-corrected chi connectivity index (χ3v) is 3.42. The first kappa shape index (κ1) is 10.1. The van der Waals surface area contributed by atoms with Crippen LogP contribution in [0, 0.1) is 5.82 Å². The lowest BCUT2D eigenvalue weighted by molar-refractivity contribution is 0.549. The van der Waals surface area contributed by atoms with Crippen molar-refractivity contribution in [3.8, 4) is 0 Å². The van der Waals surface area contributed by atoms with Crippen molar-refractivity contribution in [1.29, 1.82) is 0 Å². The van der Waals surface area contributed by atoms with E-state index in [2.05, 4.69) is 15.9 Å². The summed E-state index contributed by atoms with van der Waals surface area (Å²) in [6.45, 7) is 0. The largest absolute Gasteiger partial charge is 0.327 e. The summed E-state index contributed by atoms with van der Waals surface area (Å²) in [5.74, 6) is 0.0739. The van der Waals surface area contributed by atoms with Crippen LogP contribution >= 0.6 is 15.9 Å². The average Bonchev–Trinajstić information content (AvgIpc) is 2.52. The third kappa shape index (κ3) is 1.84. The molecule has 0 saturated heterocycles. The molecule has 2 rings (SSSR count).